The van der Waals surface area contributed by atoms with E-state index in [-0.39, 0.29) is 0 Å². The number of fused-ring (bicyclic) bond motifs is 1. The van der Waals surface area contributed by atoms with Crippen molar-refractivity contribution in [3.8, 4) is 0 Å². The average molecular weight is 226 g/mol. The minimum atomic E-state index is 0.888. The van der Waals surface area contributed by atoms with E-state index in [1.165, 1.54) is 0 Å². The molecule has 0 aliphatic heterocycles. The molecule has 0 saturated carbocycles. The molecule has 3 nitrogen and oxygen atoms in total. The number of nitrogens with zero attached hydrogens (tertiary/aromatic N) is 3. The standard InChI is InChI=1S/C8H8BrN3/c1-5-3-10-4-7-11-6(2)8(9)12(5)7/h3-4H,1-2H3. The molecule has 0 unspecified atom stereocenters. The lowest BCUT2D eigenvalue weighted by Gasteiger charge is -1.98. The molecule has 0 saturated heterocycles. The first-order valence-electron chi connectivity index (χ1n) is 3.65. The highest BCUT2D eigenvalue weighted by molar-refractivity contribution is 9.10. The second-order valence-corrected chi connectivity index (χ2v) is 3.48. The molecule has 0 spiro atoms. The van der Waals surface area contributed by atoms with Crippen molar-refractivity contribution in [2.75, 3.05) is 0 Å². The number of hydrogen-bond acceptors (Lipinski definition) is 2. The molecule has 0 bridgehead atoms. The molecule has 0 N–H and O–H groups in total. The molecular formula is C8H8BrN3. The summed E-state index contributed by atoms with van der Waals surface area (Å²) in [6, 6.07) is 0. The summed E-state index contributed by atoms with van der Waals surface area (Å²) in [5.74, 6) is 0. The maximum Gasteiger partial charge on any atom is 0.156 e. The van der Waals surface area contributed by atoms with E-state index in [4.69, 9.17) is 0 Å². The summed E-state index contributed by atoms with van der Waals surface area (Å²) in [7, 11) is 0. The lowest BCUT2D eigenvalue weighted by atomic mass is 10.5. The van der Waals surface area contributed by atoms with E-state index >= 15 is 0 Å². The predicted molar refractivity (Wildman–Crippen MR) is 50.2 cm³/mol. The summed E-state index contributed by atoms with van der Waals surface area (Å²) in [4.78, 5) is 8.39. The molecule has 4 heteroatoms. The van der Waals surface area contributed by atoms with Gasteiger partial charge in [0.1, 0.15) is 4.60 Å². The Hall–Kier alpha value is -0.900. The van der Waals surface area contributed by atoms with E-state index in [0.29, 0.717) is 0 Å². The van der Waals surface area contributed by atoms with Crippen LogP contribution in [0.15, 0.2) is 17.0 Å². The van der Waals surface area contributed by atoms with Gasteiger partial charge in [0, 0.05) is 11.9 Å². The van der Waals surface area contributed by atoms with Crippen molar-refractivity contribution in [3.63, 3.8) is 0 Å². The highest BCUT2D eigenvalue weighted by Crippen LogP contribution is 2.18. The molecule has 2 heterocycles. The fraction of sp³-hybridized carbons (Fsp3) is 0.250. The van der Waals surface area contributed by atoms with Gasteiger partial charge in [0.2, 0.25) is 0 Å². The van der Waals surface area contributed by atoms with Crippen LogP contribution in [-0.2, 0) is 0 Å². The third-order valence-corrected chi connectivity index (χ3v) is 2.74. The van der Waals surface area contributed by atoms with Gasteiger partial charge < -0.3 is 0 Å². The Morgan fingerprint density at radius 3 is 2.75 bits per heavy atom. The number of aryl methyl sites for hydroxylation is 2. The lowest BCUT2D eigenvalue weighted by molar-refractivity contribution is 1.02. The second kappa shape index (κ2) is 2.55. The fourth-order valence-corrected chi connectivity index (χ4v) is 1.77. The first kappa shape index (κ1) is 7.73. The van der Waals surface area contributed by atoms with Gasteiger partial charge in [-0.3, -0.25) is 9.38 Å². The third-order valence-electron chi connectivity index (χ3n) is 1.81. The van der Waals surface area contributed by atoms with Gasteiger partial charge in [-0.25, -0.2) is 4.98 Å². The van der Waals surface area contributed by atoms with Gasteiger partial charge in [0.25, 0.3) is 0 Å². The van der Waals surface area contributed by atoms with Crippen molar-refractivity contribution < 1.29 is 0 Å². The summed E-state index contributed by atoms with van der Waals surface area (Å²) in [5.41, 5.74) is 2.96. The minimum Gasteiger partial charge on any atom is -0.288 e. The molecule has 0 atom stereocenters. The van der Waals surface area contributed by atoms with Gasteiger partial charge in [-0.05, 0) is 29.8 Å². The van der Waals surface area contributed by atoms with Crippen LogP contribution in [0.5, 0.6) is 0 Å². The molecule has 2 aromatic rings. The van der Waals surface area contributed by atoms with Gasteiger partial charge in [-0.1, -0.05) is 0 Å². The normalized spacial score (nSPS) is 10.9. The fourth-order valence-electron chi connectivity index (χ4n) is 1.22. The molecule has 0 fully saturated rings. The molecular weight excluding hydrogens is 218 g/mol. The summed E-state index contributed by atoms with van der Waals surface area (Å²) in [6.07, 6.45) is 3.57. The van der Waals surface area contributed by atoms with E-state index in [9.17, 15) is 0 Å². The molecule has 0 amide bonds. The zero-order valence-corrected chi connectivity index (χ0v) is 8.46. The quantitative estimate of drug-likeness (QED) is 0.688. The molecule has 0 aliphatic rings. The SMILES string of the molecule is Cc1nc2cncc(C)n2c1Br. The Morgan fingerprint density at radius 1 is 1.33 bits per heavy atom. The average Bonchev–Trinajstić information content (AvgIpc) is 2.29. The summed E-state index contributed by atoms with van der Waals surface area (Å²) in [6.45, 7) is 3.97. The number of rotatable bonds is 0. The van der Waals surface area contributed by atoms with Crippen molar-refractivity contribution in [2.24, 2.45) is 0 Å². The zero-order valence-electron chi connectivity index (χ0n) is 6.87. The maximum absolute atomic E-state index is 4.33. The van der Waals surface area contributed by atoms with Gasteiger partial charge >= 0.3 is 0 Å². The Labute approximate surface area is 78.6 Å². The minimum absolute atomic E-state index is 0.888. The highest BCUT2D eigenvalue weighted by Gasteiger charge is 2.06. The van der Waals surface area contributed by atoms with Crippen LogP contribution in [0, 0.1) is 13.8 Å². The smallest absolute Gasteiger partial charge is 0.156 e. The van der Waals surface area contributed by atoms with E-state index in [1.807, 2.05) is 24.4 Å². The molecule has 0 radical (unpaired) electrons. The van der Waals surface area contributed by atoms with Crippen molar-refractivity contribution >= 4 is 21.6 Å². The zero-order chi connectivity index (χ0) is 8.72. The van der Waals surface area contributed by atoms with E-state index in [2.05, 4.69) is 25.9 Å². The van der Waals surface area contributed by atoms with Crippen LogP contribution in [0.4, 0.5) is 0 Å². The van der Waals surface area contributed by atoms with Crippen LogP contribution in [0.3, 0.4) is 0 Å². The van der Waals surface area contributed by atoms with Gasteiger partial charge in [0.05, 0.1) is 11.9 Å². The monoisotopic (exact) mass is 225 g/mol. The molecule has 12 heavy (non-hydrogen) atoms. The number of hydrogen-bond donors (Lipinski definition) is 0. The number of imidazole rings is 1. The van der Waals surface area contributed by atoms with E-state index in [1.54, 1.807) is 6.20 Å². The van der Waals surface area contributed by atoms with Crippen LogP contribution >= 0.6 is 15.9 Å². The van der Waals surface area contributed by atoms with Crippen LogP contribution < -0.4 is 0 Å². The number of aromatic nitrogens is 3. The van der Waals surface area contributed by atoms with Crippen molar-refractivity contribution in [2.45, 2.75) is 13.8 Å². The largest absolute Gasteiger partial charge is 0.288 e. The van der Waals surface area contributed by atoms with Gasteiger partial charge in [0.15, 0.2) is 5.65 Å². The second-order valence-electron chi connectivity index (χ2n) is 2.73. The van der Waals surface area contributed by atoms with Crippen molar-refractivity contribution in [3.05, 3.63) is 28.4 Å². The summed E-state index contributed by atoms with van der Waals surface area (Å²) < 4.78 is 3.04. The van der Waals surface area contributed by atoms with Crippen LogP contribution in [0.2, 0.25) is 0 Å². The molecule has 0 aromatic carbocycles. The van der Waals surface area contributed by atoms with Crippen molar-refractivity contribution in [1.29, 1.82) is 0 Å². The van der Waals surface area contributed by atoms with Gasteiger partial charge in [-0.2, -0.15) is 0 Å². The third kappa shape index (κ3) is 0.948. The molecule has 2 aromatic heterocycles. The molecule has 62 valence electrons. The van der Waals surface area contributed by atoms with E-state index in [0.717, 1.165) is 21.6 Å². The van der Waals surface area contributed by atoms with Crippen LogP contribution in [0.25, 0.3) is 5.65 Å². The maximum atomic E-state index is 4.33. The Bertz CT molecular complexity index is 433. The number of halogens is 1. The lowest BCUT2D eigenvalue weighted by Crippen LogP contribution is -1.91. The van der Waals surface area contributed by atoms with Crippen LogP contribution in [-0.4, -0.2) is 14.4 Å². The Kier molecular flexibility index (Phi) is 1.65. The summed E-state index contributed by atoms with van der Waals surface area (Å²) >= 11 is 3.47. The predicted octanol–water partition coefficient (Wildman–Crippen LogP) is 2.11. The molecule has 0 aliphatic carbocycles. The van der Waals surface area contributed by atoms with E-state index < -0.39 is 0 Å². The van der Waals surface area contributed by atoms with Crippen LogP contribution in [0.1, 0.15) is 11.4 Å². The highest BCUT2D eigenvalue weighted by atomic mass is 79.9. The summed E-state index contributed by atoms with van der Waals surface area (Å²) in [5, 5.41) is 0. The Balaban J connectivity index is 2.97. The Morgan fingerprint density at radius 2 is 2.08 bits per heavy atom. The molecule has 2 rings (SSSR count). The van der Waals surface area contributed by atoms with Gasteiger partial charge in [-0.15, -0.1) is 0 Å². The van der Waals surface area contributed by atoms with Crippen molar-refractivity contribution in [1.82, 2.24) is 14.4 Å². The first-order chi connectivity index (χ1) is 5.70. The first-order valence-corrected chi connectivity index (χ1v) is 4.44. The topological polar surface area (TPSA) is 30.2 Å².